The Kier molecular flexibility index (Phi) is 8.47. The van der Waals surface area contributed by atoms with Crippen molar-refractivity contribution in [3.8, 4) is 5.69 Å². The molecule has 164 valence electrons. The van der Waals surface area contributed by atoms with E-state index in [0.717, 1.165) is 25.0 Å². The van der Waals surface area contributed by atoms with Crippen molar-refractivity contribution in [3.63, 3.8) is 0 Å². The molecule has 0 saturated carbocycles. The molecule has 0 spiro atoms. The third-order valence-electron chi connectivity index (χ3n) is 4.85. The van der Waals surface area contributed by atoms with E-state index in [9.17, 15) is 9.59 Å². The van der Waals surface area contributed by atoms with Crippen molar-refractivity contribution in [2.24, 2.45) is 0 Å². The topological polar surface area (TPSA) is 67.2 Å². The van der Waals surface area contributed by atoms with Gasteiger partial charge in [0.25, 0.3) is 0 Å². The fourth-order valence-corrected chi connectivity index (χ4v) is 3.28. The highest BCUT2D eigenvalue weighted by atomic mass is 35.5. The molecule has 2 aromatic rings. The number of nitrogens with zero attached hydrogens (tertiary/aromatic N) is 3. The molecule has 0 aliphatic carbocycles. The van der Waals surface area contributed by atoms with E-state index in [1.165, 1.54) is 0 Å². The van der Waals surface area contributed by atoms with E-state index < -0.39 is 0 Å². The number of carbonyl (C=O) groups is 2. The lowest BCUT2D eigenvalue weighted by atomic mass is 9.92. The van der Waals surface area contributed by atoms with E-state index in [1.54, 1.807) is 15.6 Å². The van der Waals surface area contributed by atoms with Crippen LogP contribution >= 0.6 is 11.6 Å². The summed E-state index contributed by atoms with van der Waals surface area (Å²) in [6.07, 6.45) is 3.36. The number of rotatable bonds is 9. The van der Waals surface area contributed by atoms with Crippen molar-refractivity contribution in [2.75, 3.05) is 18.4 Å². The number of halogens is 1. The van der Waals surface area contributed by atoms with Gasteiger partial charge >= 0.3 is 0 Å². The predicted molar refractivity (Wildman–Crippen MR) is 122 cm³/mol. The van der Waals surface area contributed by atoms with E-state index in [1.807, 2.05) is 31.2 Å². The van der Waals surface area contributed by atoms with Gasteiger partial charge in [-0.05, 0) is 18.6 Å². The molecule has 0 bridgehead atoms. The third kappa shape index (κ3) is 6.33. The molecule has 1 N–H and O–H groups in total. The normalized spacial score (nSPS) is 11.4. The molecule has 7 heteroatoms. The SMILES string of the molecule is CCCCCN(CC(=O)Nc1cc(C(C)(C)C)nn1-c1ccccc1Cl)C(=O)CC. The molecule has 0 atom stereocenters. The average Bonchev–Trinajstić information content (AvgIpc) is 3.11. The number of amides is 2. The van der Waals surface area contributed by atoms with Gasteiger partial charge in [-0.15, -0.1) is 0 Å². The molecule has 0 fully saturated rings. The van der Waals surface area contributed by atoms with Crippen LogP contribution < -0.4 is 5.32 Å². The summed E-state index contributed by atoms with van der Waals surface area (Å²) in [7, 11) is 0. The van der Waals surface area contributed by atoms with Crippen molar-refractivity contribution in [1.82, 2.24) is 14.7 Å². The van der Waals surface area contributed by atoms with Crippen LogP contribution in [0.25, 0.3) is 5.69 Å². The first kappa shape index (κ1) is 23.9. The number of aromatic nitrogens is 2. The number of hydrogen-bond acceptors (Lipinski definition) is 3. The lowest BCUT2D eigenvalue weighted by Gasteiger charge is -2.21. The van der Waals surface area contributed by atoms with Crippen LogP contribution in [0.2, 0.25) is 5.02 Å². The van der Waals surface area contributed by atoms with Crippen molar-refractivity contribution < 1.29 is 9.59 Å². The second-order valence-corrected chi connectivity index (χ2v) is 8.86. The summed E-state index contributed by atoms with van der Waals surface area (Å²) >= 11 is 6.38. The van der Waals surface area contributed by atoms with Gasteiger partial charge in [-0.1, -0.05) is 71.2 Å². The van der Waals surface area contributed by atoms with Crippen molar-refractivity contribution in [1.29, 1.82) is 0 Å². The number of carbonyl (C=O) groups excluding carboxylic acids is 2. The van der Waals surface area contributed by atoms with E-state index in [0.29, 0.717) is 29.5 Å². The highest BCUT2D eigenvalue weighted by Crippen LogP contribution is 2.29. The maximum absolute atomic E-state index is 12.8. The minimum Gasteiger partial charge on any atom is -0.333 e. The van der Waals surface area contributed by atoms with Gasteiger partial charge in [0.2, 0.25) is 11.8 Å². The Morgan fingerprint density at radius 1 is 1.17 bits per heavy atom. The van der Waals surface area contributed by atoms with Gasteiger partial charge in [0.15, 0.2) is 0 Å². The Balaban J connectivity index is 2.27. The van der Waals surface area contributed by atoms with E-state index in [-0.39, 0.29) is 23.8 Å². The molecule has 2 amide bonds. The van der Waals surface area contributed by atoms with Crippen molar-refractivity contribution >= 4 is 29.2 Å². The van der Waals surface area contributed by atoms with Crippen LogP contribution in [0, 0.1) is 0 Å². The van der Waals surface area contributed by atoms with Gasteiger partial charge in [-0.2, -0.15) is 5.10 Å². The molecule has 2 rings (SSSR count). The molecule has 0 aliphatic heterocycles. The maximum atomic E-state index is 12.8. The molecule has 1 aromatic heterocycles. The number of para-hydroxylation sites is 1. The standard InChI is InChI=1S/C23H33ClN4O2/c1-6-8-11-14-27(22(30)7-2)16-21(29)25-20-15-19(23(3,4)5)26-28(20)18-13-10-9-12-17(18)24/h9-10,12-13,15H,6-8,11,14,16H2,1-5H3,(H,25,29). The highest BCUT2D eigenvalue weighted by molar-refractivity contribution is 6.32. The van der Waals surface area contributed by atoms with Crippen LogP contribution in [0.3, 0.4) is 0 Å². The van der Waals surface area contributed by atoms with Crippen molar-refractivity contribution in [3.05, 3.63) is 41.0 Å². The number of hydrogen-bond donors (Lipinski definition) is 1. The third-order valence-corrected chi connectivity index (χ3v) is 5.17. The summed E-state index contributed by atoms with van der Waals surface area (Å²) in [5.41, 5.74) is 1.33. The Morgan fingerprint density at radius 3 is 2.47 bits per heavy atom. The van der Waals surface area contributed by atoms with Crippen LogP contribution in [-0.4, -0.2) is 39.6 Å². The second-order valence-electron chi connectivity index (χ2n) is 8.45. The summed E-state index contributed by atoms with van der Waals surface area (Å²) in [4.78, 5) is 26.7. The first-order chi connectivity index (χ1) is 14.2. The first-order valence-corrected chi connectivity index (χ1v) is 11.0. The van der Waals surface area contributed by atoms with Gasteiger partial charge in [0, 0.05) is 24.4 Å². The van der Waals surface area contributed by atoms with Gasteiger partial charge in [0.05, 0.1) is 22.9 Å². The molecule has 0 radical (unpaired) electrons. The maximum Gasteiger partial charge on any atom is 0.245 e. The summed E-state index contributed by atoms with van der Waals surface area (Å²) in [6, 6.07) is 9.24. The van der Waals surface area contributed by atoms with Crippen LogP contribution in [0.15, 0.2) is 30.3 Å². The highest BCUT2D eigenvalue weighted by Gasteiger charge is 2.23. The van der Waals surface area contributed by atoms with E-state index in [2.05, 4.69) is 33.0 Å². The zero-order valence-electron chi connectivity index (χ0n) is 18.7. The lowest BCUT2D eigenvalue weighted by molar-refractivity contribution is -0.134. The lowest BCUT2D eigenvalue weighted by Crippen LogP contribution is -2.38. The van der Waals surface area contributed by atoms with Crippen LogP contribution in [0.4, 0.5) is 5.82 Å². The summed E-state index contributed by atoms with van der Waals surface area (Å²) in [5.74, 6) is 0.272. The van der Waals surface area contributed by atoms with E-state index in [4.69, 9.17) is 16.7 Å². The monoisotopic (exact) mass is 432 g/mol. The van der Waals surface area contributed by atoms with Gasteiger partial charge in [-0.3, -0.25) is 9.59 Å². The van der Waals surface area contributed by atoms with E-state index >= 15 is 0 Å². The molecule has 30 heavy (non-hydrogen) atoms. The fourth-order valence-electron chi connectivity index (χ4n) is 3.07. The summed E-state index contributed by atoms with van der Waals surface area (Å²) in [5, 5.41) is 8.17. The smallest absolute Gasteiger partial charge is 0.245 e. The number of nitrogens with one attached hydrogen (secondary N) is 1. The molecule has 0 saturated heterocycles. The van der Waals surface area contributed by atoms with Crippen LogP contribution in [0.5, 0.6) is 0 Å². The minimum absolute atomic E-state index is 0.0174. The van der Waals surface area contributed by atoms with Crippen molar-refractivity contribution in [2.45, 2.75) is 65.7 Å². The Hall–Kier alpha value is -2.34. The molecule has 6 nitrogen and oxygen atoms in total. The summed E-state index contributed by atoms with van der Waals surface area (Å²) < 4.78 is 1.66. The Morgan fingerprint density at radius 2 is 1.87 bits per heavy atom. The molecular weight excluding hydrogens is 400 g/mol. The quantitative estimate of drug-likeness (QED) is 0.554. The Bertz CT molecular complexity index is 870. The fraction of sp³-hybridized carbons (Fsp3) is 0.522. The average molecular weight is 433 g/mol. The molecule has 1 heterocycles. The van der Waals surface area contributed by atoms with Gasteiger partial charge in [0.1, 0.15) is 5.82 Å². The second kappa shape index (κ2) is 10.6. The van der Waals surface area contributed by atoms with Crippen LogP contribution in [-0.2, 0) is 15.0 Å². The zero-order chi connectivity index (χ0) is 22.3. The first-order valence-electron chi connectivity index (χ1n) is 10.6. The minimum atomic E-state index is -0.248. The number of benzene rings is 1. The zero-order valence-corrected chi connectivity index (χ0v) is 19.4. The van der Waals surface area contributed by atoms with Gasteiger partial charge in [-0.25, -0.2) is 4.68 Å². The predicted octanol–water partition coefficient (Wildman–Crippen LogP) is 5.19. The van der Waals surface area contributed by atoms with Crippen LogP contribution in [0.1, 0.15) is 66.0 Å². The molecule has 0 aliphatic rings. The molecule has 0 unspecified atom stereocenters. The number of unbranched alkanes of at least 4 members (excludes halogenated alkanes) is 2. The number of anilines is 1. The molecular formula is C23H33ClN4O2. The largest absolute Gasteiger partial charge is 0.333 e. The molecule has 1 aromatic carbocycles. The summed E-state index contributed by atoms with van der Waals surface area (Å²) in [6.45, 7) is 10.7. The Labute approximate surface area is 184 Å². The van der Waals surface area contributed by atoms with Gasteiger partial charge < -0.3 is 10.2 Å².